The zero-order chi connectivity index (χ0) is 13.4. The van der Waals surface area contributed by atoms with Crippen LogP contribution in [0.25, 0.3) is 0 Å². The van der Waals surface area contributed by atoms with E-state index in [1.165, 1.54) is 12.1 Å². The number of hydrogen-bond donors (Lipinski definition) is 0. The molecule has 6 heteroatoms. The monoisotopic (exact) mass is 246 g/mol. The van der Waals surface area contributed by atoms with Crippen LogP contribution in [0.5, 0.6) is 0 Å². The Kier molecular flexibility index (Phi) is 5.50. The zero-order valence-electron chi connectivity index (χ0n) is 9.63. The second kappa shape index (κ2) is 7.16. The van der Waals surface area contributed by atoms with Gasteiger partial charge >= 0.3 is 104 Å². The van der Waals surface area contributed by atoms with Gasteiger partial charge < -0.3 is 0 Å². The minimum atomic E-state index is -0.576. The van der Waals surface area contributed by atoms with Crippen LogP contribution in [-0.4, -0.2) is 32.3 Å². The quantitative estimate of drug-likeness (QED) is 0.311. The topological polar surface area (TPSA) is 69.7 Å². The van der Waals surface area contributed by atoms with Gasteiger partial charge in [0.1, 0.15) is 0 Å². The third kappa shape index (κ3) is 4.33. The summed E-state index contributed by atoms with van der Waals surface area (Å²) in [4.78, 5) is 22.2. The molecule has 92 valence electrons. The van der Waals surface area contributed by atoms with Gasteiger partial charge in [-0.3, -0.25) is 0 Å². The van der Waals surface area contributed by atoms with E-state index in [0.29, 0.717) is 12.6 Å². The van der Waals surface area contributed by atoms with Crippen LogP contribution in [0.2, 0.25) is 0 Å². The van der Waals surface area contributed by atoms with Gasteiger partial charge in [-0.2, -0.15) is 0 Å². The first-order valence-corrected chi connectivity index (χ1v) is 5.19. The second-order valence-corrected chi connectivity index (χ2v) is 3.25. The Morgan fingerprint density at radius 3 is 2.67 bits per heavy atom. The molecule has 0 saturated heterocycles. The number of esters is 2. The molecule has 1 aromatic rings. The van der Waals surface area contributed by atoms with Gasteiger partial charge in [0.25, 0.3) is 0 Å². The normalized spacial score (nSPS) is 9.11. The van der Waals surface area contributed by atoms with Crippen LogP contribution in [0.3, 0.4) is 0 Å². The van der Waals surface area contributed by atoms with Crippen LogP contribution in [-0.2, 0) is 19.0 Å². The molecule has 1 aromatic carbocycles. The Balaban J connectivity index is 2.42. The summed E-state index contributed by atoms with van der Waals surface area (Å²) in [6.45, 7) is 3.14. The third-order valence-electron chi connectivity index (χ3n) is 1.99. The van der Waals surface area contributed by atoms with Crippen molar-refractivity contribution in [2.24, 2.45) is 0 Å². The summed E-state index contributed by atoms with van der Waals surface area (Å²) < 4.78 is 20.0. The molecule has 0 radical (unpaired) electrons. The van der Waals surface area contributed by atoms with E-state index < -0.39 is 11.9 Å². The Labute approximate surface area is 105 Å². The average Bonchev–Trinajstić information content (AvgIpc) is 2.43. The first kappa shape index (κ1) is 13.8. The van der Waals surface area contributed by atoms with Crippen LogP contribution >= 0.6 is 0 Å². The van der Waals surface area contributed by atoms with E-state index in [9.17, 15) is 14.3 Å². The standard InChI is InChI=1S/C12H11BO5/c1-2-11(14)17-6-7-18-12(15)9-4-3-5-10(8-9)13-16/h2-5,8H,1,6-7H2. The van der Waals surface area contributed by atoms with Gasteiger partial charge in [-0.05, 0) is 0 Å². The minimum absolute atomic E-state index is 0.0377. The molecular formula is C12H11BO5. The van der Waals surface area contributed by atoms with Gasteiger partial charge in [-0.15, -0.1) is 0 Å². The molecule has 0 bridgehead atoms. The predicted octanol–water partition coefficient (Wildman–Crippen LogP) is 0.248. The van der Waals surface area contributed by atoms with E-state index in [2.05, 4.69) is 11.3 Å². The SMILES string of the molecule is C=CC(=O)OCCOC(=O)c1cccc(B=O)c1. The van der Waals surface area contributed by atoms with Crippen molar-refractivity contribution in [2.75, 3.05) is 13.2 Å². The molecule has 0 amide bonds. The number of ether oxygens (including phenoxy) is 2. The molecule has 0 unspecified atom stereocenters. The van der Waals surface area contributed by atoms with Crippen molar-refractivity contribution in [1.82, 2.24) is 0 Å². The third-order valence-corrected chi connectivity index (χ3v) is 1.99. The second-order valence-electron chi connectivity index (χ2n) is 3.25. The van der Waals surface area contributed by atoms with Crippen molar-refractivity contribution >= 4 is 24.6 Å². The fourth-order valence-electron chi connectivity index (χ4n) is 1.16. The van der Waals surface area contributed by atoms with Crippen LogP contribution in [0, 0.1) is 0 Å². The summed E-state index contributed by atoms with van der Waals surface area (Å²) in [5, 5.41) is 0. The van der Waals surface area contributed by atoms with E-state index in [1.807, 2.05) is 0 Å². The first-order valence-electron chi connectivity index (χ1n) is 5.19. The van der Waals surface area contributed by atoms with Crippen molar-refractivity contribution in [3.05, 3.63) is 42.5 Å². The number of carbonyl (C=O) groups excluding carboxylic acids is 2. The Hall–Kier alpha value is -2.24. The van der Waals surface area contributed by atoms with Crippen LogP contribution < -0.4 is 5.46 Å². The molecule has 0 saturated carbocycles. The van der Waals surface area contributed by atoms with Crippen LogP contribution in [0.4, 0.5) is 0 Å². The first-order chi connectivity index (χ1) is 8.67. The number of benzene rings is 1. The molecule has 0 heterocycles. The summed E-state index contributed by atoms with van der Waals surface area (Å²) in [6, 6.07) is 6.11. The number of hydrogen-bond acceptors (Lipinski definition) is 5. The average molecular weight is 246 g/mol. The van der Waals surface area contributed by atoms with Gasteiger partial charge in [0.05, 0.1) is 0 Å². The Morgan fingerprint density at radius 1 is 1.28 bits per heavy atom. The van der Waals surface area contributed by atoms with Crippen molar-refractivity contribution < 1.29 is 23.8 Å². The Morgan fingerprint density at radius 2 is 2.00 bits per heavy atom. The van der Waals surface area contributed by atoms with E-state index in [-0.39, 0.29) is 18.8 Å². The number of rotatable bonds is 6. The van der Waals surface area contributed by atoms with Crippen molar-refractivity contribution in [3.63, 3.8) is 0 Å². The van der Waals surface area contributed by atoms with E-state index in [1.54, 1.807) is 12.1 Å². The predicted molar refractivity (Wildman–Crippen MR) is 64.0 cm³/mol. The van der Waals surface area contributed by atoms with Crippen molar-refractivity contribution in [3.8, 4) is 0 Å². The molecule has 0 aromatic heterocycles. The number of carbonyl (C=O) groups is 2. The molecule has 0 fully saturated rings. The fourth-order valence-corrected chi connectivity index (χ4v) is 1.16. The van der Waals surface area contributed by atoms with Gasteiger partial charge in [0, 0.05) is 0 Å². The summed E-state index contributed by atoms with van der Waals surface area (Å²) in [6.07, 6.45) is 1.02. The van der Waals surface area contributed by atoms with Crippen molar-refractivity contribution in [1.29, 1.82) is 0 Å². The Bertz CT molecular complexity index is 469. The molecule has 0 atom stereocenters. The summed E-state index contributed by atoms with van der Waals surface area (Å²) in [5.74, 6) is -1.15. The maximum atomic E-state index is 11.5. The van der Waals surface area contributed by atoms with Gasteiger partial charge in [0.2, 0.25) is 0 Å². The molecular weight excluding hydrogens is 235 g/mol. The summed E-state index contributed by atoms with van der Waals surface area (Å²) >= 11 is 0. The molecule has 18 heavy (non-hydrogen) atoms. The van der Waals surface area contributed by atoms with Crippen LogP contribution in [0.1, 0.15) is 10.4 Å². The van der Waals surface area contributed by atoms with E-state index in [0.717, 1.165) is 6.08 Å². The van der Waals surface area contributed by atoms with Gasteiger partial charge in [0.15, 0.2) is 0 Å². The van der Waals surface area contributed by atoms with E-state index >= 15 is 0 Å². The molecule has 1 rings (SSSR count). The van der Waals surface area contributed by atoms with Gasteiger partial charge in [-0.25, -0.2) is 0 Å². The van der Waals surface area contributed by atoms with Crippen molar-refractivity contribution in [2.45, 2.75) is 0 Å². The molecule has 5 nitrogen and oxygen atoms in total. The molecule has 0 aliphatic rings. The van der Waals surface area contributed by atoms with E-state index in [4.69, 9.17) is 4.74 Å². The molecule has 0 spiro atoms. The summed E-state index contributed by atoms with van der Waals surface area (Å²) in [7, 11) is 0.642. The zero-order valence-corrected chi connectivity index (χ0v) is 9.63. The van der Waals surface area contributed by atoms with Crippen LogP contribution in [0.15, 0.2) is 36.9 Å². The molecule has 0 aliphatic heterocycles. The van der Waals surface area contributed by atoms with Gasteiger partial charge in [-0.1, -0.05) is 0 Å². The fraction of sp³-hybridized carbons (Fsp3) is 0.167. The molecule has 0 N–H and O–H groups in total. The molecule has 0 aliphatic carbocycles. The summed E-state index contributed by atoms with van der Waals surface area (Å²) in [5.41, 5.74) is 0.664. The maximum absolute atomic E-state index is 11.5.